The van der Waals surface area contributed by atoms with E-state index in [2.05, 4.69) is 15.3 Å². The Hall–Kier alpha value is -3.34. The highest BCUT2D eigenvalue weighted by molar-refractivity contribution is 5.89. The molecule has 0 spiro atoms. The van der Waals surface area contributed by atoms with Crippen molar-refractivity contribution in [1.29, 1.82) is 5.26 Å². The minimum atomic E-state index is -0.228. The zero-order valence-electron chi connectivity index (χ0n) is 15.1. The van der Waals surface area contributed by atoms with Crippen LogP contribution < -0.4 is 14.8 Å². The van der Waals surface area contributed by atoms with Crippen LogP contribution >= 0.6 is 0 Å². The Morgan fingerprint density at radius 3 is 2.85 bits per heavy atom. The summed E-state index contributed by atoms with van der Waals surface area (Å²) in [5.74, 6) is 0.970. The van der Waals surface area contributed by atoms with E-state index in [-0.39, 0.29) is 23.7 Å². The highest BCUT2D eigenvalue weighted by atomic mass is 16.5. The van der Waals surface area contributed by atoms with Crippen molar-refractivity contribution in [3.63, 3.8) is 0 Å². The number of ether oxygens (including phenoxy) is 2. The van der Waals surface area contributed by atoms with E-state index in [1.54, 1.807) is 17.0 Å². The summed E-state index contributed by atoms with van der Waals surface area (Å²) in [6, 6.07) is 9.02. The third-order valence-electron chi connectivity index (χ3n) is 4.13. The van der Waals surface area contributed by atoms with Crippen LogP contribution in [0.15, 0.2) is 36.7 Å². The van der Waals surface area contributed by atoms with E-state index in [4.69, 9.17) is 14.7 Å². The minimum absolute atomic E-state index is 0.147. The van der Waals surface area contributed by atoms with Gasteiger partial charge in [0.15, 0.2) is 0 Å². The smallest absolute Gasteiger partial charge is 0.321 e. The van der Waals surface area contributed by atoms with Crippen molar-refractivity contribution >= 4 is 11.7 Å². The summed E-state index contributed by atoms with van der Waals surface area (Å²) in [6.45, 7) is 3.59. The van der Waals surface area contributed by atoms with Gasteiger partial charge in [-0.2, -0.15) is 5.26 Å². The van der Waals surface area contributed by atoms with E-state index in [0.29, 0.717) is 25.4 Å². The normalized spacial score (nSPS) is 16.3. The van der Waals surface area contributed by atoms with Gasteiger partial charge in [0.1, 0.15) is 17.9 Å². The van der Waals surface area contributed by atoms with Gasteiger partial charge in [-0.05, 0) is 44.0 Å². The zero-order valence-corrected chi connectivity index (χ0v) is 15.1. The van der Waals surface area contributed by atoms with Gasteiger partial charge in [-0.3, -0.25) is 0 Å². The number of amides is 2. The van der Waals surface area contributed by atoms with Gasteiger partial charge in [0, 0.05) is 24.6 Å². The first kappa shape index (κ1) is 18.5. The summed E-state index contributed by atoms with van der Waals surface area (Å²) in [4.78, 5) is 22.3. The first-order chi connectivity index (χ1) is 13.2. The van der Waals surface area contributed by atoms with Crippen LogP contribution in [0.25, 0.3) is 0 Å². The standard InChI is InChI=1S/C19H21N5O3/c1-2-26-15-7-5-14(6-8-15)23-19(25)24-11-3-4-16(13-24)27-18-17(12-20)21-9-10-22-18/h5-10,16H,2-4,11,13H2,1H3,(H,23,25). The number of rotatable bonds is 5. The van der Waals surface area contributed by atoms with Crippen LogP contribution in [0.2, 0.25) is 0 Å². The SMILES string of the molecule is CCOc1ccc(NC(=O)N2CCCC(Oc3nccnc3C#N)C2)cc1. The number of likely N-dealkylation sites (tertiary alicyclic amines) is 1. The van der Waals surface area contributed by atoms with Gasteiger partial charge < -0.3 is 19.7 Å². The minimum Gasteiger partial charge on any atom is -0.494 e. The lowest BCUT2D eigenvalue weighted by Gasteiger charge is -2.32. The quantitative estimate of drug-likeness (QED) is 0.872. The highest BCUT2D eigenvalue weighted by Gasteiger charge is 2.26. The van der Waals surface area contributed by atoms with E-state index in [9.17, 15) is 4.79 Å². The predicted molar refractivity (Wildman–Crippen MR) is 98.6 cm³/mol. The fourth-order valence-corrected chi connectivity index (χ4v) is 2.87. The molecule has 1 saturated heterocycles. The van der Waals surface area contributed by atoms with E-state index in [1.165, 1.54) is 12.4 Å². The van der Waals surface area contributed by atoms with Crippen LogP contribution in [0.3, 0.4) is 0 Å². The Morgan fingerprint density at radius 2 is 2.11 bits per heavy atom. The largest absolute Gasteiger partial charge is 0.494 e. The summed E-state index contributed by atoms with van der Waals surface area (Å²) >= 11 is 0. The number of nitrogens with zero attached hydrogens (tertiary/aromatic N) is 4. The van der Waals surface area contributed by atoms with Crippen molar-refractivity contribution in [3.05, 3.63) is 42.4 Å². The number of carbonyl (C=O) groups excluding carboxylic acids is 1. The molecule has 3 rings (SSSR count). The van der Waals surface area contributed by atoms with E-state index in [1.807, 2.05) is 25.1 Å². The molecule has 0 aliphatic carbocycles. The number of nitrogens with one attached hydrogen (secondary N) is 1. The molecule has 1 aromatic carbocycles. The average Bonchev–Trinajstić information content (AvgIpc) is 2.70. The second-order valence-corrected chi connectivity index (χ2v) is 6.04. The number of piperidine rings is 1. The van der Waals surface area contributed by atoms with Gasteiger partial charge >= 0.3 is 6.03 Å². The lowest BCUT2D eigenvalue weighted by Crippen LogP contribution is -2.46. The topological polar surface area (TPSA) is 100 Å². The van der Waals surface area contributed by atoms with Gasteiger partial charge in [-0.15, -0.1) is 0 Å². The lowest BCUT2D eigenvalue weighted by molar-refractivity contribution is 0.102. The molecule has 2 heterocycles. The molecule has 1 aliphatic heterocycles. The number of aromatic nitrogens is 2. The molecular formula is C19H21N5O3. The Kier molecular flexibility index (Phi) is 6.05. The Labute approximate surface area is 157 Å². The summed E-state index contributed by atoms with van der Waals surface area (Å²) in [7, 11) is 0. The van der Waals surface area contributed by atoms with Crippen molar-refractivity contribution in [2.24, 2.45) is 0 Å². The number of hydrogen-bond acceptors (Lipinski definition) is 6. The molecule has 140 valence electrons. The van der Waals surface area contributed by atoms with Crippen LogP contribution in [0.5, 0.6) is 11.6 Å². The number of hydrogen-bond donors (Lipinski definition) is 1. The first-order valence-corrected chi connectivity index (χ1v) is 8.86. The van der Waals surface area contributed by atoms with E-state index >= 15 is 0 Å². The van der Waals surface area contributed by atoms with Crippen molar-refractivity contribution in [2.75, 3.05) is 25.0 Å². The molecule has 1 aromatic heterocycles. The predicted octanol–water partition coefficient (Wildman–Crippen LogP) is 2.82. The zero-order chi connectivity index (χ0) is 19.1. The van der Waals surface area contributed by atoms with Crippen LogP contribution in [-0.2, 0) is 0 Å². The maximum atomic E-state index is 12.5. The van der Waals surface area contributed by atoms with Crippen molar-refractivity contribution < 1.29 is 14.3 Å². The van der Waals surface area contributed by atoms with Crippen LogP contribution in [-0.4, -0.2) is 46.7 Å². The molecule has 0 saturated carbocycles. The monoisotopic (exact) mass is 367 g/mol. The third kappa shape index (κ3) is 4.85. The highest BCUT2D eigenvalue weighted by Crippen LogP contribution is 2.20. The Balaban J connectivity index is 1.58. The number of urea groups is 1. The van der Waals surface area contributed by atoms with Gasteiger partial charge in [0.05, 0.1) is 13.2 Å². The maximum Gasteiger partial charge on any atom is 0.321 e. The molecule has 0 bridgehead atoms. The molecule has 1 atom stereocenters. The first-order valence-electron chi connectivity index (χ1n) is 8.86. The maximum absolute atomic E-state index is 12.5. The third-order valence-corrected chi connectivity index (χ3v) is 4.13. The molecular weight excluding hydrogens is 346 g/mol. The van der Waals surface area contributed by atoms with Gasteiger partial charge in [-0.1, -0.05) is 0 Å². The van der Waals surface area contributed by atoms with Gasteiger partial charge in [-0.25, -0.2) is 14.8 Å². The molecule has 8 heteroatoms. The molecule has 1 N–H and O–H groups in total. The summed E-state index contributed by atoms with van der Waals surface area (Å²) in [5, 5.41) is 12.0. The number of nitriles is 1. The van der Waals surface area contributed by atoms with Crippen LogP contribution in [0.4, 0.5) is 10.5 Å². The molecule has 1 aliphatic rings. The molecule has 1 fully saturated rings. The summed E-state index contributed by atoms with van der Waals surface area (Å²) in [5.41, 5.74) is 0.848. The molecule has 8 nitrogen and oxygen atoms in total. The number of benzene rings is 1. The van der Waals surface area contributed by atoms with Gasteiger partial charge in [0.2, 0.25) is 5.69 Å². The fourth-order valence-electron chi connectivity index (χ4n) is 2.87. The van der Waals surface area contributed by atoms with Crippen LogP contribution in [0, 0.1) is 11.3 Å². The average molecular weight is 367 g/mol. The van der Waals surface area contributed by atoms with E-state index in [0.717, 1.165) is 18.6 Å². The Bertz CT molecular complexity index is 819. The second-order valence-electron chi connectivity index (χ2n) is 6.04. The number of carbonyl (C=O) groups is 1. The van der Waals surface area contributed by atoms with Crippen molar-refractivity contribution in [3.8, 4) is 17.7 Å². The number of anilines is 1. The fraction of sp³-hybridized carbons (Fsp3) is 0.368. The van der Waals surface area contributed by atoms with E-state index < -0.39 is 0 Å². The Morgan fingerprint density at radius 1 is 1.33 bits per heavy atom. The van der Waals surface area contributed by atoms with Gasteiger partial charge in [0.25, 0.3) is 5.88 Å². The second kappa shape index (κ2) is 8.85. The van der Waals surface area contributed by atoms with Crippen molar-refractivity contribution in [1.82, 2.24) is 14.9 Å². The molecule has 1 unspecified atom stereocenters. The summed E-state index contributed by atoms with van der Waals surface area (Å²) < 4.78 is 11.2. The molecule has 2 amide bonds. The molecule has 0 radical (unpaired) electrons. The lowest BCUT2D eigenvalue weighted by atomic mass is 10.1. The van der Waals surface area contributed by atoms with Crippen molar-refractivity contribution in [2.45, 2.75) is 25.9 Å². The summed E-state index contributed by atoms with van der Waals surface area (Å²) in [6.07, 6.45) is 4.30. The molecule has 2 aromatic rings. The molecule has 27 heavy (non-hydrogen) atoms. The van der Waals surface area contributed by atoms with Crippen LogP contribution in [0.1, 0.15) is 25.5 Å².